The number of nitrogens with one attached hydrogen (secondary N) is 1. The molecule has 1 unspecified atom stereocenters. The van der Waals surface area contributed by atoms with E-state index in [-0.39, 0.29) is 12.0 Å². The van der Waals surface area contributed by atoms with Crippen molar-refractivity contribution < 1.29 is 9.53 Å². The summed E-state index contributed by atoms with van der Waals surface area (Å²) in [5.74, 6) is -0.185. The average molecular weight is 371 g/mol. The van der Waals surface area contributed by atoms with E-state index >= 15 is 0 Å². The van der Waals surface area contributed by atoms with E-state index in [4.69, 9.17) is 16.3 Å². The highest BCUT2D eigenvalue weighted by atomic mass is 35.5. The van der Waals surface area contributed by atoms with Crippen LogP contribution in [0.15, 0.2) is 54.6 Å². The van der Waals surface area contributed by atoms with Gasteiger partial charge in [-0.15, -0.1) is 0 Å². The van der Waals surface area contributed by atoms with Crippen LogP contribution in [-0.2, 0) is 9.53 Å². The van der Waals surface area contributed by atoms with Crippen molar-refractivity contribution in [3.8, 4) is 0 Å². The van der Waals surface area contributed by atoms with Gasteiger partial charge in [-0.05, 0) is 54.8 Å². The summed E-state index contributed by atoms with van der Waals surface area (Å²) in [5, 5.41) is 3.49. The van der Waals surface area contributed by atoms with Crippen LogP contribution >= 0.6 is 11.6 Å². The molecule has 1 saturated heterocycles. The summed E-state index contributed by atoms with van der Waals surface area (Å²) in [6, 6.07) is 15.3. The maximum absolute atomic E-state index is 12.1. The first-order valence-electron chi connectivity index (χ1n) is 8.77. The Labute approximate surface area is 159 Å². The second kappa shape index (κ2) is 8.88. The molecule has 0 radical (unpaired) electrons. The van der Waals surface area contributed by atoms with Gasteiger partial charge in [0, 0.05) is 42.7 Å². The third-order valence-electron chi connectivity index (χ3n) is 4.53. The number of rotatable bonds is 5. The normalized spacial score (nSPS) is 17.5. The van der Waals surface area contributed by atoms with E-state index in [1.807, 2.05) is 42.5 Å². The second-order valence-corrected chi connectivity index (χ2v) is 6.74. The maximum atomic E-state index is 12.1. The Morgan fingerprint density at radius 3 is 2.73 bits per heavy atom. The summed E-state index contributed by atoms with van der Waals surface area (Å²) in [7, 11) is 1.77. The van der Waals surface area contributed by atoms with Gasteiger partial charge in [0.15, 0.2) is 0 Å². The van der Waals surface area contributed by atoms with Crippen molar-refractivity contribution >= 4 is 35.0 Å². The zero-order chi connectivity index (χ0) is 18.4. The molecule has 0 bridgehead atoms. The van der Waals surface area contributed by atoms with Crippen LogP contribution in [-0.4, -0.2) is 32.2 Å². The Morgan fingerprint density at radius 2 is 2.00 bits per heavy atom. The predicted octanol–water partition coefficient (Wildman–Crippen LogP) is 4.61. The highest BCUT2D eigenvalue weighted by Gasteiger charge is 2.19. The van der Waals surface area contributed by atoms with E-state index in [0.29, 0.717) is 5.02 Å². The van der Waals surface area contributed by atoms with Crippen molar-refractivity contribution in [1.82, 2.24) is 0 Å². The highest BCUT2D eigenvalue weighted by Crippen LogP contribution is 2.23. The first kappa shape index (κ1) is 18.5. The molecule has 1 aliphatic rings. The van der Waals surface area contributed by atoms with Crippen LogP contribution in [0.5, 0.6) is 0 Å². The van der Waals surface area contributed by atoms with Gasteiger partial charge in [0.1, 0.15) is 0 Å². The maximum Gasteiger partial charge on any atom is 0.248 e. The van der Waals surface area contributed by atoms with Crippen LogP contribution in [0, 0.1) is 0 Å². The van der Waals surface area contributed by atoms with E-state index in [0.717, 1.165) is 42.9 Å². The van der Waals surface area contributed by atoms with E-state index in [1.165, 1.54) is 6.08 Å². The molecule has 3 rings (SSSR count). The van der Waals surface area contributed by atoms with Crippen molar-refractivity contribution in [1.29, 1.82) is 0 Å². The van der Waals surface area contributed by atoms with Crippen LogP contribution in [0.3, 0.4) is 0 Å². The van der Waals surface area contributed by atoms with Crippen LogP contribution in [0.1, 0.15) is 18.4 Å². The lowest BCUT2D eigenvalue weighted by Crippen LogP contribution is -2.39. The fraction of sp³-hybridized carbons (Fsp3) is 0.286. The smallest absolute Gasteiger partial charge is 0.248 e. The van der Waals surface area contributed by atoms with Gasteiger partial charge in [0.2, 0.25) is 5.91 Å². The molecule has 1 heterocycles. The van der Waals surface area contributed by atoms with Gasteiger partial charge in [-0.2, -0.15) is 0 Å². The van der Waals surface area contributed by atoms with Gasteiger partial charge in [0.05, 0.1) is 6.10 Å². The molecule has 0 aliphatic carbocycles. The van der Waals surface area contributed by atoms with Crippen LogP contribution < -0.4 is 10.2 Å². The summed E-state index contributed by atoms with van der Waals surface area (Å²) < 4.78 is 5.48. The number of nitrogens with zero attached hydrogens (tertiary/aromatic N) is 1. The Morgan fingerprint density at radius 1 is 1.23 bits per heavy atom. The largest absolute Gasteiger partial charge is 0.380 e. The third-order valence-corrected chi connectivity index (χ3v) is 4.88. The third kappa shape index (κ3) is 4.87. The quantitative estimate of drug-likeness (QED) is 0.781. The lowest BCUT2D eigenvalue weighted by Gasteiger charge is -2.33. The minimum Gasteiger partial charge on any atom is -0.380 e. The number of halogens is 1. The van der Waals surface area contributed by atoms with Crippen molar-refractivity contribution in [2.75, 3.05) is 30.4 Å². The van der Waals surface area contributed by atoms with Crippen LogP contribution in [0.25, 0.3) is 6.08 Å². The lowest BCUT2D eigenvalue weighted by atomic mass is 10.1. The zero-order valence-corrected chi connectivity index (χ0v) is 15.6. The Hall–Kier alpha value is -2.30. The van der Waals surface area contributed by atoms with Gasteiger partial charge in [-0.25, -0.2) is 0 Å². The monoisotopic (exact) mass is 370 g/mol. The molecule has 2 aromatic rings. The molecular weight excluding hydrogens is 348 g/mol. The van der Waals surface area contributed by atoms with E-state index < -0.39 is 0 Å². The molecule has 5 heteroatoms. The molecule has 2 aromatic carbocycles. The molecular formula is C21H23ClN2O2. The minimum absolute atomic E-state index is 0.185. The van der Waals surface area contributed by atoms with Gasteiger partial charge < -0.3 is 15.0 Å². The van der Waals surface area contributed by atoms with Crippen molar-refractivity contribution in [2.45, 2.75) is 18.9 Å². The molecule has 0 aromatic heterocycles. The number of benzene rings is 2. The standard InChI is InChI=1S/C21H23ClN2O2/c1-26-19-6-4-14-24(15-19)18-11-9-17(10-12-18)23-21(25)13-8-16-5-2-3-7-20(16)22/h2-3,5,7-13,19H,4,6,14-15H2,1H3,(H,23,25)/b13-8+. The summed E-state index contributed by atoms with van der Waals surface area (Å²) in [5.41, 5.74) is 2.73. The summed E-state index contributed by atoms with van der Waals surface area (Å²) in [4.78, 5) is 14.4. The number of carbonyl (C=O) groups excluding carboxylic acids is 1. The fourth-order valence-electron chi connectivity index (χ4n) is 3.08. The second-order valence-electron chi connectivity index (χ2n) is 6.34. The lowest BCUT2D eigenvalue weighted by molar-refractivity contribution is -0.111. The first-order valence-corrected chi connectivity index (χ1v) is 9.15. The molecule has 136 valence electrons. The zero-order valence-electron chi connectivity index (χ0n) is 14.8. The summed E-state index contributed by atoms with van der Waals surface area (Å²) in [6.07, 6.45) is 5.73. The fourth-order valence-corrected chi connectivity index (χ4v) is 3.28. The molecule has 1 fully saturated rings. The van der Waals surface area contributed by atoms with Gasteiger partial charge in [-0.3, -0.25) is 4.79 Å². The number of amides is 1. The van der Waals surface area contributed by atoms with Crippen molar-refractivity contribution in [2.24, 2.45) is 0 Å². The molecule has 1 amide bonds. The molecule has 1 N–H and O–H groups in total. The first-order chi connectivity index (χ1) is 12.7. The number of anilines is 2. The molecule has 0 saturated carbocycles. The Kier molecular flexibility index (Phi) is 6.31. The molecule has 0 spiro atoms. The molecule has 1 aliphatic heterocycles. The number of ether oxygens (including phenoxy) is 1. The van der Waals surface area contributed by atoms with E-state index in [2.05, 4.69) is 10.2 Å². The number of methoxy groups -OCH3 is 1. The summed E-state index contributed by atoms with van der Waals surface area (Å²) >= 11 is 6.08. The number of carbonyl (C=O) groups is 1. The van der Waals surface area contributed by atoms with Crippen LogP contribution in [0.4, 0.5) is 11.4 Å². The average Bonchev–Trinajstić information content (AvgIpc) is 2.68. The van der Waals surface area contributed by atoms with E-state index in [1.54, 1.807) is 19.3 Å². The SMILES string of the molecule is COC1CCCN(c2ccc(NC(=O)/C=C/c3ccccc3Cl)cc2)C1. The van der Waals surface area contributed by atoms with Crippen molar-refractivity contribution in [3.63, 3.8) is 0 Å². The molecule has 4 nitrogen and oxygen atoms in total. The van der Waals surface area contributed by atoms with Gasteiger partial charge in [0.25, 0.3) is 0 Å². The number of hydrogen-bond donors (Lipinski definition) is 1. The number of piperidine rings is 1. The van der Waals surface area contributed by atoms with Gasteiger partial charge in [-0.1, -0.05) is 29.8 Å². The molecule has 1 atom stereocenters. The molecule has 26 heavy (non-hydrogen) atoms. The van der Waals surface area contributed by atoms with Crippen LogP contribution in [0.2, 0.25) is 5.02 Å². The van der Waals surface area contributed by atoms with Crippen molar-refractivity contribution in [3.05, 3.63) is 65.2 Å². The Bertz CT molecular complexity index is 774. The topological polar surface area (TPSA) is 41.6 Å². The van der Waals surface area contributed by atoms with Gasteiger partial charge >= 0.3 is 0 Å². The number of hydrogen-bond acceptors (Lipinski definition) is 3. The predicted molar refractivity (Wildman–Crippen MR) is 108 cm³/mol. The Balaban J connectivity index is 1.58. The summed E-state index contributed by atoms with van der Waals surface area (Å²) in [6.45, 7) is 1.94. The van der Waals surface area contributed by atoms with E-state index in [9.17, 15) is 4.79 Å². The highest BCUT2D eigenvalue weighted by molar-refractivity contribution is 6.32. The minimum atomic E-state index is -0.185.